The van der Waals surface area contributed by atoms with Crippen molar-refractivity contribution in [2.75, 3.05) is 6.61 Å². The zero-order valence-corrected chi connectivity index (χ0v) is 17.7. The van der Waals surface area contributed by atoms with Gasteiger partial charge in [0.05, 0.1) is 17.6 Å². The molecule has 0 spiro atoms. The van der Waals surface area contributed by atoms with Crippen LogP contribution in [0.2, 0.25) is 0 Å². The fourth-order valence-electron chi connectivity index (χ4n) is 4.84. The smallest absolute Gasteiger partial charge is 0.314 e. The Balaban J connectivity index is 1.44. The number of nitriles is 1. The lowest BCUT2D eigenvalue weighted by Crippen LogP contribution is -2.31. The first-order chi connectivity index (χ1) is 14.5. The lowest BCUT2D eigenvalue weighted by molar-refractivity contribution is -0.140. The van der Waals surface area contributed by atoms with E-state index in [-0.39, 0.29) is 5.92 Å². The highest BCUT2D eigenvalue weighted by molar-refractivity contribution is 5.75. The van der Waals surface area contributed by atoms with Crippen molar-refractivity contribution in [1.82, 2.24) is 0 Å². The van der Waals surface area contributed by atoms with Gasteiger partial charge in [-0.25, -0.2) is 4.39 Å². The van der Waals surface area contributed by atoms with E-state index in [0.29, 0.717) is 17.9 Å². The van der Waals surface area contributed by atoms with Crippen LogP contribution in [0, 0.1) is 40.7 Å². The van der Waals surface area contributed by atoms with Crippen LogP contribution in [0.25, 0.3) is 0 Å². The van der Waals surface area contributed by atoms with Gasteiger partial charge in [-0.05, 0) is 81.8 Å². The summed E-state index contributed by atoms with van der Waals surface area (Å²) in [6.45, 7) is 3.04. The van der Waals surface area contributed by atoms with Crippen LogP contribution in [0.15, 0.2) is 12.1 Å². The van der Waals surface area contributed by atoms with Gasteiger partial charge in [0.25, 0.3) is 0 Å². The Morgan fingerprint density at radius 1 is 1.03 bits per heavy atom. The SMILES string of the molecule is CCCCOC1CCC(C2CCC(C(=O)Oc3ccc(C#N)c(F)c3F)CC2)CC1. The molecule has 0 aromatic heterocycles. The van der Waals surface area contributed by atoms with E-state index >= 15 is 0 Å². The maximum Gasteiger partial charge on any atom is 0.314 e. The van der Waals surface area contributed by atoms with Crippen LogP contribution in [0.3, 0.4) is 0 Å². The molecule has 2 aliphatic carbocycles. The molecule has 6 heteroatoms. The molecule has 0 saturated heterocycles. The number of carbonyl (C=O) groups is 1. The van der Waals surface area contributed by atoms with Gasteiger partial charge in [-0.1, -0.05) is 13.3 Å². The largest absolute Gasteiger partial charge is 0.423 e. The topological polar surface area (TPSA) is 59.3 Å². The fraction of sp³-hybridized carbons (Fsp3) is 0.667. The molecule has 0 bridgehead atoms. The van der Waals surface area contributed by atoms with Crippen LogP contribution in [0.5, 0.6) is 5.75 Å². The second-order valence-electron chi connectivity index (χ2n) is 8.64. The molecule has 0 radical (unpaired) electrons. The summed E-state index contributed by atoms with van der Waals surface area (Å²) in [5.41, 5.74) is -0.404. The second-order valence-corrected chi connectivity index (χ2v) is 8.64. The van der Waals surface area contributed by atoms with Crippen molar-refractivity contribution in [3.05, 3.63) is 29.3 Å². The summed E-state index contributed by atoms with van der Waals surface area (Å²) in [6.07, 6.45) is 10.7. The first-order valence-corrected chi connectivity index (χ1v) is 11.2. The van der Waals surface area contributed by atoms with Gasteiger partial charge in [0.15, 0.2) is 11.6 Å². The van der Waals surface area contributed by atoms with E-state index in [2.05, 4.69) is 6.92 Å². The van der Waals surface area contributed by atoms with Crippen LogP contribution >= 0.6 is 0 Å². The Morgan fingerprint density at radius 3 is 2.27 bits per heavy atom. The van der Waals surface area contributed by atoms with E-state index in [1.165, 1.54) is 12.8 Å². The summed E-state index contributed by atoms with van der Waals surface area (Å²) in [7, 11) is 0. The summed E-state index contributed by atoms with van der Waals surface area (Å²) in [4.78, 5) is 12.4. The number of unbranched alkanes of at least 4 members (excludes halogenated alkanes) is 1. The van der Waals surface area contributed by atoms with E-state index in [4.69, 9.17) is 14.7 Å². The molecule has 1 aromatic rings. The molecule has 3 rings (SSSR count). The van der Waals surface area contributed by atoms with Crippen LogP contribution in [-0.4, -0.2) is 18.7 Å². The third kappa shape index (κ3) is 5.57. The van der Waals surface area contributed by atoms with Gasteiger partial charge < -0.3 is 9.47 Å². The van der Waals surface area contributed by atoms with Gasteiger partial charge in [-0.2, -0.15) is 9.65 Å². The van der Waals surface area contributed by atoms with Crippen LogP contribution in [0.4, 0.5) is 8.78 Å². The van der Waals surface area contributed by atoms with Crippen molar-refractivity contribution < 1.29 is 23.0 Å². The number of hydrogen-bond donors (Lipinski definition) is 0. The van der Waals surface area contributed by atoms with Gasteiger partial charge in [-0.15, -0.1) is 0 Å². The highest BCUT2D eigenvalue weighted by Crippen LogP contribution is 2.41. The molecule has 0 heterocycles. The predicted molar refractivity (Wildman–Crippen MR) is 109 cm³/mol. The fourth-order valence-corrected chi connectivity index (χ4v) is 4.84. The van der Waals surface area contributed by atoms with Gasteiger partial charge in [0.2, 0.25) is 5.82 Å². The van der Waals surface area contributed by atoms with Crippen molar-refractivity contribution >= 4 is 5.97 Å². The molecule has 1 aromatic carbocycles. The van der Waals surface area contributed by atoms with Crippen molar-refractivity contribution in [3.8, 4) is 11.8 Å². The lowest BCUT2D eigenvalue weighted by Gasteiger charge is -2.37. The Labute approximate surface area is 177 Å². The zero-order valence-electron chi connectivity index (χ0n) is 17.7. The van der Waals surface area contributed by atoms with Gasteiger partial charge in [-0.3, -0.25) is 4.79 Å². The number of esters is 1. The molecular weight excluding hydrogens is 388 g/mol. The minimum atomic E-state index is -1.28. The standard InChI is InChI=1S/C24H31F2NO3/c1-2-3-14-29-20-11-8-17(9-12-20)16-4-6-18(7-5-16)24(28)30-21-13-10-19(15-27)22(25)23(21)26/h10,13,16-18,20H,2-9,11-12,14H2,1H3. The summed E-state index contributed by atoms with van der Waals surface area (Å²) in [5.74, 6) is -2.49. The Bertz CT molecular complexity index is 760. The summed E-state index contributed by atoms with van der Waals surface area (Å²) >= 11 is 0. The van der Waals surface area contributed by atoms with E-state index in [9.17, 15) is 13.6 Å². The highest BCUT2D eigenvalue weighted by atomic mass is 19.2. The number of benzene rings is 1. The average molecular weight is 420 g/mol. The average Bonchev–Trinajstić information content (AvgIpc) is 2.78. The molecule has 164 valence electrons. The van der Waals surface area contributed by atoms with Crippen molar-refractivity contribution in [1.29, 1.82) is 5.26 Å². The molecule has 0 aliphatic heterocycles. The molecule has 2 fully saturated rings. The molecule has 0 atom stereocenters. The summed E-state index contributed by atoms with van der Waals surface area (Å²) < 4.78 is 38.8. The first-order valence-electron chi connectivity index (χ1n) is 11.2. The molecule has 30 heavy (non-hydrogen) atoms. The predicted octanol–water partition coefficient (Wildman–Crippen LogP) is 5.92. The number of carbonyl (C=O) groups excluding carboxylic acids is 1. The third-order valence-electron chi connectivity index (χ3n) is 6.72. The van der Waals surface area contributed by atoms with Crippen molar-refractivity contribution in [2.45, 2.75) is 77.2 Å². The molecule has 2 saturated carbocycles. The highest BCUT2D eigenvalue weighted by Gasteiger charge is 2.34. The molecule has 2 aliphatic rings. The van der Waals surface area contributed by atoms with E-state index in [0.717, 1.165) is 70.1 Å². The van der Waals surface area contributed by atoms with Crippen molar-refractivity contribution in [2.24, 2.45) is 17.8 Å². The first kappa shape index (κ1) is 22.7. The number of nitrogens with zero attached hydrogens (tertiary/aromatic N) is 1. The van der Waals surface area contributed by atoms with Crippen LogP contribution in [0.1, 0.15) is 76.7 Å². The number of ether oxygens (including phenoxy) is 2. The Hall–Kier alpha value is -2.00. The molecule has 0 unspecified atom stereocenters. The normalized spacial score (nSPS) is 26.7. The Kier molecular flexibility index (Phi) is 8.21. The number of rotatable bonds is 7. The van der Waals surface area contributed by atoms with Crippen LogP contribution < -0.4 is 4.74 Å². The van der Waals surface area contributed by atoms with Gasteiger partial charge in [0.1, 0.15) is 6.07 Å². The van der Waals surface area contributed by atoms with Crippen molar-refractivity contribution in [3.63, 3.8) is 0 Å². The molecular formula is C24H31F2NO3. The Morgan fingerprint density at radius 2 is 1.67 bits per heavy atom. The van der Waals surface area contributed by atoms with E-state index < -0.39 is 28.9 Å². The van der Waals surface area contributed by atoms with Gasteiger partial charge in [0, 0.05) is 6.61 Å². The monoisotopic (exact) mass is 419 g/mol. The molecule has 0 amide bonds. The maximum atomic E-state index is 14.0. The minimum Gasteiger partial charge on any atom is -0.423 e. The quantitative estimate of drug-likeness (QED) is 0.312. The van der Waals surface area contributed by atoms with E-state index in [1.54, 1.807) is 6.07 Å². The van der Waals surface area contributed by atoms with E-state index in [1.807, 2.05) is 0 Å². The van der Waals surface area contributed by atoms with Crippen LogP contribution in [-0.2, 0) is 9.53 Å². The lowest BCUT2D eigenvalue weighted by atomic mass is 9.70. The van der Waals surface area contributed by atoms with Gasteiger partial charge >= 0.3 is 5.97 Å². The minimum absolute atomic E-state index is 0.284. The third-order valence-corrected chi connectivity index (χ3v) is 6.72. The summed E-state index contributed by atoms with van der Waals surface area (Å²) in [5, 5.41) is 8.74. The maximum absolute atomic E-state index is 14.0. The molecule has 0 N–H and O–H groups in total. The second kappa shape index (κ2) is 10.9. The number of halogens is 2. The molecule has 4 nitrogen and oxygen atoms in total. The summed E-state index contributed by atoms with van der Waals surface area (Å²) in [6, 6.07) is 3.83. The zero-order chi connectivity index (χ0) is 21.5. The number of hydrogen-bond acceptors (Lipinski definition) is 4.